The monoisotopic (exact) mass is 427 g/mol. The number of carbonyl (C=O) groups is 1. The number of anilines is 1. The summed E-state index contributed by atoms with van der Waals surface area (Å²) in [5.74, 6) is 2.04. The minimum atomic E-state index is 0.0837. The molecule has 6 nitrogen and oxygen atoms in total. The van der Waals surface area contributed by atoms with Crippen LogP contribution in [0.4, 0.5) is 5.82 Å². The number of rotatable bonds is 4. The zero-order chi connectivity index (χ0) is 22.1. The van der Waals surface area contributed by atoms with Gasteiger partial charge in [-0.2, -0.15) is 0 Å². The van der Waals surface area contributed by atoms with E-state index in [0.29, 0.717) is 6.54 Å². The van der Waals surface area contributed by atoms with Crippen LogP contribution in [0.3, 0.4) is 0 Å². The van der Waals surface area contributed by atoms with Crippen molar-refractivity contribution in [2.75, 3.05) is 39.0 Å². The van der Waals surface area contributed by atoms with E-state index in [2.05, 4.69) is 29.4 Å². The fourth-order valence-electron chi connectivity index (χ4n) is 4.82. The highest BCUT2D eigenvalue weighted by Crippen LogP contribution is 2.32. The molecule has 0 aliphatic carbocycles. The van der Waals surface area contributed by atoms with Gasteiger partial charge in [-0.3, -0.25) is 4.79 Å². The van der Waals surface area contributed by atoms with Crippen LogP contribution < -0.4 is 5.32 Å². The minimum absolute atomic E-state index is 0.0837. The molecule has 3 aromatic rings. The molecule has 1 amide bonds. The highest BCUT2D eigenvalue weighted by molar-refractivity contribution is 6.01. The smallest absolute Gasteiger partial charge is 0.254 e. The Morgan fingerprint density at radius 1 is 1.03 bits per heavy atom. The van der Waals surface area contributed by atoms with E-state index in [4.69, 9.17) is 9.97 Å². The summed E-state index contributed by atoms with van der Waals surface area (Å²) in [5, 5.41) is 3.27. The van der Waals surface area contributed by atoms with E-state index in [9.17, 15) is 4.79 Å². The lowest BCUT2D eigenvalue weighted by molar-refractivity contribution is 0.0791. The van der Waals surface area contributed by atoms with Crippen LogP contribution in [0.15, 0.2) is 54.6 Å². The van der Waals surface area contributed by atoms with Crippen molar-refractivity contribution in [2.45, 2.75) is 25.3 Å². The van der Waals surface area contributed by atoms with Gasteiger partial charge in [-0.1, -0.05) is 48.5 Å². The number of aromatic nitrogens is 2. The number of likely N-dealkylation sites (N-methyl/N-ethyl adjacent to an activating group) is 1. The first kappa shape index (κ1) is 20.6. The van der Waals surface area contributed by atoms with Crippen LogP contribution in [0.25, 0.3) is 11.1 Å². The molecule has 0 radical (unpaired) electrons. The predicted molar refractivity (Wildman–Crippen MR) is 127 cm³/mol. The molecule has 2 aliphatic rings. The maximum atomic E-state index is 13.5. The molecular formula is C26H29N5O. The summed E-state index contributed by atoms with van der Waals surface area (Å²) in [6.07, 6.45) is 1.83. The summed E-state index contributed by atoms with van der Waals surface area (Å²) in [5.41, 5.74) is 5.15. The molecule has 0 bridgehead atoms. The second kappa shape index (κ2) is 8.71. The Balaban J connectivity index is 1.39. The van der Waals surface area contributed by atoms with Crippen LogP contribution in [0, 0.1) is 0 Å². The Bertz CT molecular complexity index is 1110. The third-order valence-electron chi connectivity index (χ3n) is 6.59. The molecule has 2 aliphatic heterocycles. The molecule has 1 fully saturated rings. The van der Waals surface area contributed by atoms with E-state index in [1.807, 2.05) is 54.4 Å². The fraction of sp³-hybridized carbons (Fsp3) is 0.346. The molecule has 0 unspecified atom stereocenters. The summed E-state index contributed by atoms with van der Waals surface area (Å²) in [6.45, 7) is 3.27. The van der Waals surface area contributed by atoms with Crippen molar-refractivity contribution in [3.63, 3.8) is 0 Å². The molecule has 3 heterocycles. The molecule has 1 atom stereocenters. The molecular weight excluding hydrogens is 398 g/mol. The number of nitrogens with zero attached hydrogens (tertiary/aromatic N) is 4. The van der Waals surface area contributed by atoms with Gasteiger partial charge in [0.25, 0.3) is 5.91 Å². The number of nitrogens with one attached hydrogen (secondary N) is 1. The Labute approximate surface area is 189 Å². The molecule has 6 heteroatoms. The van der Waals surface area contributed by atoms with Gasteiger partial charge in [-0.15, -0.1) is 0 Å². The molecule has 1 N–H and O–H groups in total. The first-order valence-electron chi connectivity index (χ1n) is 11.3. The number of fused-ring (bicyclic) bond motifs is 1. The standard InChI is InChI=1S/C26H29N5O/c1-27-25-22-17-30(2)14-13-23(22)28-24(29-25)19-12-15-31(16-19)26(32)21-11-7-6-10-20(21)18-8-4-3-5-9-18/h3-11,19H,12-17H2,1-2H3,(H,27,28,29)/t19-/m0/s1. The molecule has 1 saturated heterocycles. The van der Waals surface area contributed by atoms with E-state index in [-0.39, 0.29) is 11.8 Å². The molecule has 164 valence electrons. The van der Waals surface area contributed by atoms with Crippen molar-refractivity contribution in [1.82, 2.24) is 19.8 Å². The first-order chi connectivity index (χ1) is 15.6. The van der Waals surface area contributed by atoms with Gasteiger partial charge in [0.2, 0.25) is 0 Å². The second-order valence-corrected chi connectivity index (χ2v) is 8.74. The number of benzene rings is 2. The summed E-state index contributed by atoms with van der Waals surface area (Å²) in [6, 6.07) is 18.0. The van der Waals surface area contributed by atoms with Gasteiger partial charge in [0.05, 0.1) is 5.69 Å². The van der Waals surface area contributed by atoms with Gasteiger partial charge < -0.3 is 15.1 Å². The first-order valence-corrected chi connectivity index (χ1v) is 11.3. The van der Waals surface area contributed by atoms with Crippen molar-refractivity contribution in [3.05, 3.63) is 77.2 Å². The van der Waals surface area contributed by atoms with Crippen LogP contribution >= 0.6 is 0 Å². The normalized spacial score (nSPS) is 18.4. The van der Waals surface area contributed by atoms with Crippen LogP contribution in [0.1, 0.15) is 39.8 Å². The summed E-state index contributed by atoms with van der Waals surface area (Å²) in [4.78, 5) is 27.6. The maximum absolute atomic E-state index is 13.5. The van der Waals surface area contributed by atoms with Gasteiger partial charge in [-0.05, 0) is 30.7 Å². The Morgan fingerprint density at radius 2 is 1.81 bits per heavy atom. The van der Waals surface area contributed by atoms with E-state index in [1.54, 1.807) is 0 Å². The summed E-state index contributed by atoms with van der Waals surface area (Å²) in [7, 11) is 4.05. The molecule has 0 saturated carbocycles. The third kappa shape index (κ3) is 3.86. The summed E-state index contributed by atoms with van der Waals surface area (Å²) < 4.78 is 0. The zero-order valence-corrected chi connectivity index (χ0v) is 18.7. The van der Waals surface area contributed by atoms with E-state index in [1.165, 1.54) is 5.56 Å². The van der Waals surface area contributed by atoms with Crippen molar-refractivity contribution >= 4 is 11.7 Å². The predicted octanol–water partition coefficient (Wildman–Crippen LogP) is 3.80. The third-order valence-corrected chi connectivity index (χ3v) is 6.59. The lowest BCUT2D eigenvalue weighted by Crippen LogP contribution is -2.30. The van der Waals surface area contributed by atoms with Gasteiger partial charge in [0.1, 0.15) is 11.6 Å². The van der Waals surface area contributed by atoms with Gasteiger partial charge in [0, 0.05) is 56.7 Å². The largest absolute Gasteiger partial charge is 0.373 e. The lowest BCUT2D eigenvalue weighted by Gasteiger charge is -2.26. The number of carbonyl (C=O) groups excluding carboxylic acids is 1. The van der Waals surface area contributed by atoms with Crippen LogP contribution in [0.2, 0.25) is 0 Å². The van der Waals surface area contributed by atoms with E-state index >= 15 is 0 Å². The van der Waals surface area contributed by atoms with Crippen LogP contribution in [-0.2, 0) is 13.0 Å². The van der Waals surface area contributed by atoms with E-state index in [0.717, 1.165) is 66.5 Å². The molecule has 5 rings (SSSR count). The van der Waals surface area contributed by atoms with Gasteiger partial charge in [-0.25, -0.2) is 9.97 Å². The minimum Gasteiger partial charge on any atom is -0.373 e. The molecule has 2 aromatic carbocycles. The SMILES string of the molecule is CNc1nc([C@H]2CCN(C(=O)c3ccccc3-c3ccccc3)C2)nc2c1CN(C)CC2. The number of hydrogen-bond donors (Lipinski definition) is 1. The number of hydrogen-bond acceptors (Lipinski definition) is 5. The van der Waals surface area contributed by atoms with Crippen molar-refractivity contribution < 1.29 is 4.79 Å². The Morgan fingerprint density at radius 3 is 2.62 bits per heavy atom. The second-order valence-electron chi connectivity index (χ2n) is 8.74. The number of amides is 1. The average Bonchev–Trinajstić information content (AvgIpc) is 3.34. The Hall–Kier alpha value is -3.25. The molecule has 32 heavy (non-hydrogen) atoms. The summed E-state index contributed by atoms with van der Waals surface area (Å²) >= 11 is 0. The zero-order valence-electron chi connectivity index (χ0n) is 18.7. The van der Waals surface area contributed by atoms with Crippen LogP contribution in [-0.4, -0.2) is 59.4 Å². The number of likely N-dealkylation sites (tertiary alicyclic amines) is 1. The highest BCUT2D eigenvalue weighted by atomic mass is 16.2. The van der Waals surface area contributed by atoms with Gasteiger partial charge in [0.15, 0.2) is 0 Å². The fourth-order valence-corrected chi connectivity index (χ4v) is 4.82. The highest BCUT2D eigenvalue weighted by Gasteiger charge is 2.32. The molecule has 0 spiro atoms. The topological polar surface area (TPSA) is 61.4 Å². The van der Waals surface area contributed by atoms with Crippen molar-refractivity contribution in [1.29, 1.82) is 0 Å². The van der Waals surface area contributed by atoms with E-state index < -0.39 is 0 Å². The van der Waals surface area contributed by atoms with Crippen molar-refractivity contribution in [2.24, 2.45) is 0 Å². The molecule has 1 aromatic heterocycles. The Kier molecular flexibility index (Phi) is 5.62. The maximum Gasteiger partial charge on any atom is 0.254 e. The van der Waals surface area contributed by atoms with Crippen molar-refractivity contribution in [3.8, 4) is 11.1 Å². The average molecular weight is 428 g/mol. The quantitative estimate of drug-likeness (QED) is 0.686. The van der Waals surface area contributed by atoms with Gasteiger partial charge >= 0.3 is 0 Å². The van der Waals surface area contributed by atoms with Crippen LogP contribution in [0.5, 0.6) is 0 Å². The lowest BCUT2D eigenvalue weighted by atomic mass is 9.99.